The predicted molar refractivity (Wildman–Crippen MR) is 79.9 cm³/mol. The van der Waals surface area contributed by atoms with Crippen LogP contribution in [0.1, 0.15) is 5.56 Å². The maximum Gasteiger partial charge on any atom is 0.229 e. The lowest BCUT2D eigenvalue weighted by Gasteiger charge is -2.11. The van der Waals surface area contributed by atoms with Gasteiger partial charge in [0.05, 0.1) is 27.4 Å². The van der Waals surface area contributed by atoms with Crippen LogP contribution in [-0.4, -0.2) is 31.3 Å². The van der Waals surface area contributed by atoms with Crippen LogP contribution in [0.25, 0.3) is 0 Å². The van der Waals surface area contributed by atoms with Crippen LogP contribution in [0.2, 0.25) is 0 Å². The van der Waals surface area contributed by atoms with Gasteiger partial charge in [0, 0.05) is 17.8 Å². The van der Waals surface area contributed by atoms with Gasteiger partial charge in [0.1, 0.15) is 5.75 Å². The van der Waals surface area contributed by atoms with Gasteiger partial charge in [0.25, 0.3) is 0 Å². The number of hydrogen-bond donors (Lipinski definition) is 2. The van der Waals surface area contributed by atoms with Gasteiger partial charge in [-0.2, -0.15) is 9.97 Å². The van der Waals surface area contributed by atoms with E-state index in [1.807, 2.05) is 12.1 Å². The molecule has 0 amide bonds. The van der Waals surface area contributed by atoms with E-state index in [2.05, 4.69) is 15.3 Å². The molecule has 21 heavy (non-hydrogen) atoms. The summed E-state index contributed by atoms with van der Waals surface area (Å²) in [6, 6.07) is 7.04. The molecule has 0 unspecified atom stereocenters. The van der Waals surface area contributed by atoms with E-state index in [0.717, 1.165) is 11.3 Å². The van der Waals surface area contributed by atoms with Crippen LogP contribution in [0, 0.1) is 0 Å². The average Bonchev–Trinajstić information content (AvgIpc) is 2.52. The van der Waals surface area contributed by atoms with Crippen molar-refractivity contribution in [1.29, 1.82) is 0 Å². The summed E-state index contributed by atoms with van der Waals surface area (Å²) in [6.45, 7) is 0.463. The normalized spacial score (nSPS) is 10.0. The highest BCUT2D eigenvalue weighted by Crippen LogP contribution is 2.23. The first kappa shape index (κ1) is 14.7. The molecule has 0 aliphatic heterocycles. The molecule has 7 heteroatoms. The highest BCUT2D eigenvalue weighted by atomic mass is 16.5. The third-order valence-corrected chi connectivity index (χ3v) is 2.84. The molecule has 0 radical (unpaired) electrons. The average molecular weight is 290 g/mol. The van der Waals surface area contributed by atoms with Crippen molar-refractivity contribution in [3.8, 4) is 17.5 Å². The molecule has 0 saturated carbocycles. The summed E-state index contributed by atoms with van der Waals surface area (Å²) in [7, 11) is 4.68. The van der Waals surface area contributed by atoms with Crippen LogP contribution >= 0.6 is 0 Å². The summed E-state index contributed by atoms with van der Waals surface area (Å²) < 4.78 is 15.5. The Kier molecular flexibility index (Phi) is 4.65. The minimum atomic E-state index is 0.399. The van der Waals surface area contributed by atoms with Crippen LogP contribution in [0.4, 0.5) is 11.6 Å². The molecule has 1 aromatic carbocycles. The molecule has 7 nitrogen and oxygen atoms in total. The molecule has 2 aromatic rings. The molecule has 0 saturated heterocycles. The predicted octanol–water partition coefficient (Wildman–Crippen LogP) is 1.70. The summed E-state index contributed by atoms with van der Waals surface area (Å²) in [4.78, 5) is 8.39. The number of nitrogens with zero attached hydrogens (tertiary/aromatic N) is 2. The summed E-state index contributed by atoms with van der Waals surface area (Å²) in [6.07, 6.45) is 0. The van der Waals surface area contributed by atoms with Crippen LogP contribution < -0.4 is 25.3 Å². The molecule has 2 rings (SSSR count). The molecular weight excluding hydrogens is 272 g/mol. The van der Waals surface area contributed by atoms with E-state index in [1.165, 1.54) is 14.2 Å². The van der Waals surface area contributed by atoms with E-state index in [1.54, 1.807) is 19.2 Å². The van der Waals surface area contributed by atoms with Gasteiger partial charge in [-0.1, -0.05) is 0 Å². The zero-order chi connectivity index (χ0) is 15.2. The number of aromatic nitrogens is 2. The van der Waals surface area contributed by atoms with Crippen molar-refractivity contribution in [2.24, 2.45) is 0 Å². The molecule has 3 N–H and O–H groups in total. The number of hydrogen-bond acceptors (Lipinski definition) is 7. The Hall–Kier alpha value is -2.70. The van der Waals surface area contributed by atoms with Gasteiger partial charge in [-0.05, 0) is 18.2 Å². The highest BCUT2D eigenvalue weighted by molar-refractivity contribution is 5.49. The van der Waals surface area contributed by atoms with Gasteiger partial charge >= 0.3 is 0 Å². The number of ether oxygens (including phenoxy) is 3. The number of nitrogens with two attached hydrogens (primary N) is 1. The van der Waals surface area contributed by atoms with E-state index in [4.69, 9.17) is 19.9 Å². The van der Waals surface area contributed by atoms with Crippen molar-refractivity contribution < 1.29 is 14.2 Å². The Labute approximate surface area is 123 Å². The second-order valence-electron chi connectivity index (χ2n) is 4.20. The first-order valence-corrected chi connectivity index (χ1v) is 6.29. The highest BCUT2D eigenvalue weighted by Gasteiger charge is 2.07. The number of benzene rings is 1. The Balaban J connectivity index is 2.18. The lowest BCUT2D eigenvalue weighted by atomic mass is 10.2. The van der Waals surface area contributed by atoms with Crippen molar-refractivity contribution >= 4 is 11.6 Å². The van der Waals surface area contributed by atoms with E-state index in [9.17, 15) is 0 Å². The minimum absolute atomic E-state index is 0.399. The van der Waals surface area contributed by atoms with Crippen LogP contribution in [0.15, 0.2) is 24.3 Å². The van der Waals surface area contributed by atoms with Crippen molar-refractivity contribution in [2.45, 2.75) is 6.54 Å². The van der Waals surface area contributed by atoms with Gasteiger partial charge in [-0.15, -0.1) is 0 Å². The number of rotatable bonds is 6. The Morgan fingerprint density at radius 1 is 1.00 bits per heavy atom. The monoisotopic (exact) mass is 290 g/mol. The number of anilines is 2. The fraction of sp³-hybridized carbons (Fsp3) is 0.286. The molecule has 0 atom stereocenters. The van der Waals surface area contributed by atoms with E-state index < -0.39 is 0 Å². The lowest BCUT2D eigenvalue weighted by Crippen LogP contribution is -2.07. The van der Waals surface area contributed by atoms with Crippen molar-refractivity contribution in [2.75, 3.05) is 32.4 Å². The smallest absolute Gasteiger partial charge is 0.229 e. The fourth-order valence-corrected chi connectivity index (χ4v) is 1.80. The summed E-state index contributed by atoms with van der Waals surface area (Å²) in [5.41, 5.74) is 7.36. The third kappa shape index (κ3) is 3.65. The molecule has 1 heterocycles. The van der Waals surface area contributed by atoms with E-state index in [0.29, 0.717) is 29.9 Å². The Morgan fingerprint density at radius 3 is 2.24 bits per heavy atom. The molecular formula is C14H18N4O3. The summed E-state index contributed by atoms with van der Waals surface area (Å²) in [5.74, 6) is 1.98. The summed E-state index contributed by atoms with van der Waals surface area (Å²) in [5, 5.41) is 3.09. The quantitative estimate of drug-likeness (QED) is 0.782. The Bertz CT molecular complexity index is 597. The second-order valence-corrected chi connectivity index (χ2v) is 4.20. The van der Waals surface area contributed by atoms with Gasteiger partial charge < -0.3 is 25.3 Å². The van der Waals surface area contributed by atoms with Gasteiger partial charge in [0.15, 0.2) is 0 Å². The maximum atomic E-state index is 5.79. The molecule has 0 bridgehead atoms. The molecule has 0 fully saturated rings. The van der Waals surface area contributed by atoms with Gasteiger partial charge in [-0.25, -0.2) is 0 Å². The summed E-state index contributed by atoms with van der Waals surface area (Å²) >= 11 is 0. The van der Waals surface area contributed by atoms with Crippen LogP contribution in [0.3, 0.4) is 0 Å². The van der Waals surface area contributed by atoms with Gasteiger partial charge in [0.2, 0.25) is 17.7 Å². The van der Waals surface area contributed by atoms with Gasteiger partial charge in [-0.3, -0.25) is 0 Å². The Morgan fingerprint density at radius 2 is 1.67 bits per heavy atom. The molecule has 0 aliphatic rings. The standard InChI is InChI=1S/C14H18N4O3/c1-19-11-5-4-10(15)6-9(11)8-16-14-17-12(20-2)7-13(18-14)21-3/h4-7H,8,15H2,1-3H3,(H,16,17,18). The van der Waals surface area contributed by atoms with Crippen molar-refractivity contribution in [3.63, 3.8) is 0 Å². The lowest BCUT2D eigenvalue weighted by molar-refractivity contribution is 0.372. The molecule has 1 aromatic heterocycles. The van der Waals surface area contributed by atoms with Crippen molar-refractivity contribution in [3.05, 3.63) is 29.8 Å². The first-order valence-electron chi connectivity index (χ1n) is 6.29. The topological polar surface area (TPSA) is 91.5 Å². The maximum absolute atomic E-state index is 5.79. The minimum Gasteiger partial charge on any atom is -0.496 e. The van der Waals surface area contributed by atoms with Crippen LogP contribution in [-0.2, 0) is 6.54 Å². The SMILES string of the molecule is COc1cc(OC)nc(NCc2cc(N)ccc2OC)n1. The zero-order valence-electron chi connectivity index (χ0n) is 12.2. The second kappa shape index (κ2) is 6.65. The van der Waals surface area contributed by atoms with Crippen molar-refractivity contribution in [1.82, 2.24) is 9.97 Å². The van der Waals surface area contributed by atoms with E-state index in [-0.39, 0.29) is 0 Å². The number of methoxy groups -OCH3 is 3. The first-order chi connectivity index (χ1) is 10.2. The zero-order valence-corrected chi connectivity index (χ0v) is 12.2. The molecule has 0 spiro atoms. The van der Waals surface area contributed by atoms with Crippen LogP contribution in [0.5, 0.6) is 17.5 Å². The number of nitrogens with one attached hydrogen (secondary N) is 1. The molecule has 0 aliphatic carbocycles. The largest absolute Gasteiger partial charge is 0.496 e. The molecule has 112 valence electrons. The fourth-order valence-electron chi connectivity index (χ4n) is 1.80. The van der Waals surface area contributed by atoms with E-state index >= 15 is 0 Å². The number of nitrogen functional groups attached to an aromatic ring is 1. The third-order valence-electron chi connectivity index (χ3n) is 2.84.